The second kappa shape index (κ2) is 10.5. The fourth-order valence-electron chi connectivity index (χ4n) is 1.76. The van der Waals surface area contributed by atoms with Crippen molar-refractivity contribution in [3.8, 4) is 0 Å². The molecule has 2 N–H and O–H groups in total. The number of benzene rings is 1. The van der Waals surface area contributed by atoms with Crippen LogP contribution in [-0.4, -0.2) is 33.8 Å². The van der Waals surface area contributed by atoms with Gasteiger partial charge in [0.2, 0.25) is 5.91 Å². The molecule has 112 valence electrons. The third-order valence-electron chi connectivity index (χ3n) is 2.80. The van der Waals surface area contributed by atoms with E-state index in [4.69, 9.17) is 4.89 Å². The van der Waals surface area contributed by atoms with Crippen LogP contribution >= 0.6 is 7.60 Å². The summed E-state index contributed by atoms with van der Waals surface area (Å²) in [5.41, 5.74) is 1.13. The Morgan fingerprint density at radius 1 is 1.24 bits per heavy atom. The molecule has 1 atom stereocenters. The van der Waals surface area contributed by atoms with E-state index in [1.807, 2.05) is 30.3 Å². The van der Waals surface area contributed by atoms with Crippen LogP contribution in [0.25, 0.3) is 0 Å². The molecule has 0 radical (unpaired) electrons. The van der Waals surface area contributed by atoms with Gasteiger partial charge in [0.15, 0.2) is 0 Å². The van der Waals surface area contributed by atoms with Crippen LogP contribution in [0.3, 0.4) is 0 Å². The van der Waals surface area contributed by atoms with E-state index in [1.54, 1.807) is 0 Å². The monoisotopic (exact) mass is 323 g/mol. The molecule has 8 heteroatoms. The Balaban J connectivity index is 0.00000400. The first-order valence-electron chi connectivity index (χ1n) is 6.44. The number of hydroxylamine groups is 2. The van der Waals surface area contributed by atoms with Gasteiger partial charge in [-0.1, -0.05) is 30.3 Å². The summed E-state index contributed by atoms with van der Waals surface area (Å²) >= 11 is 0. The number of carbonyl (C=O) groups is 1. The molecular formula is C13H19NNaO5P. The first kappa shape index (κ1) is 20.8. The molecule has 6 nitrogen and oxygen atoms in total. The number of carbonyl (C=O) groups excluding carboxylic acids is 1. The van der Waals surface area contributed by atoms with E-state index in [9.17, 15) is 19.5 Å². The van der Waals surface area contributed by atoms with Crippen LogP contribution in [0.15, 0.2) is 30.3 Å². The van der Waals surface area contributed by atoms with E-state index < -0.39 is 19.7 Å². The first-order valence-corrected chi connectivity index (χ1v) is 8.21. The minimum atomic E-state index is -4.32. The third kappa shape index (κ3) is 10.2. The van der Waals surface area contributed by atoms with Crippen molar-refractivity contribution >= 4 is 13.5 Å². The van der Waals surface area contributed by atoms with Crippen LogP contribution < -0.4 is 34.5 Å². The molecule has 21 heavy (non-hydrogen) atoms. The summed E-state index contributed by atoms with van der Waals surface area (Å²) < 4.78 is 10.5. The summed E-state index contributed by atoms with van der Waals surface area (Å²) in [5.74, 6) is -0.536. The van der Waals surface area contributed by atoms with Gasteiger partial charge in [-0.3, -0.25) is 10.0 Å². The van der Waals surface area contributed by atoms with Gasteiger partial charge in [0.05, 0.1) is 0 Å². The van der Waals surface area contributed by atoms with E-state index in [-0.39, 0.29) is 48.9 Å². The van der Waals surface area contributed by atoms with Gasteiger partial charge in [0.1, 0.15) is 7.60 Å². The molecule has 0 aliphatic carbocycles. The summed E-state index contributed by atoms with van der Waals surface area (Å²) in [6, 6.07) is 9.70. The molecule has 0 spiro atoms. The van der Waals surface area contributed by atoms with E-state index in [2.05, 4.69) is 0 Å². The average molecular weight is 323 g/mol. The topological polar surface area (TPSA) is 101 Å². The average Bonchev–Trinajstić information content (AvgIpc) is 2.38. The molecule has 1 aromatic carbocycles. The molecule has 1 rings (SSSR count). The zero-order valence-corrected chi connectivity index (χ0v) is 15.0. The molecule has 1 amide bonds. The van der Waals surface area contributed by atoms with Crippen LogP contribution in [0.1, 0.15) is 24.8 Å². The van der Waals surface area contributed by atoms with Gasteiger partial charge >= 0.3 is 29.6 Å². The molecule has 0 aliphatic heterocycles. The predicted octanol–water partition coefficient (Wildman–Crippen LogP) is -1.83. The number of rotatable bonds is 8. The largest absolute Gasteiger partial charge is 1.00 e. The third-order valence-corrected chi connectivity index (χ3v) is 3.68. The van der Waals surface area contributed by atoms with Gasteiger partial charge in [-0.15, -0.1) is 0 Å². The fourth-order valence-corrected chi connectivity index (χ4v) is 2.32. The van der Waals surface area contributed by atoms with Crippen molar-refractivity contribution < 1.29 is 53.9 Å². The molecule has 0 aromatic heterocycles. The molecule has 0 saturated carbocycles. The molecule has 0 saturated heterocycles. The van der Waals surface area contributed by atoms with Crippen molar-refractivity contribution in [3.05, 3.63) is 35.9 Å². The van der Waals surface area contributed by atoms with Gasteiger partial charge < -0.3 is 14.4 Å². The molecular weight excluding hydrogens is 304 g/mol. The summed E-state index contributed by atoms with van der Waals surface area (Å²) in [6.45, 7) is 0.196. The quantitative estimate of drug-likeness (QED) is 0.254. The van der Waals surface area contributed by atoms with E-state index in [0.717, 1.165) is 12.0 Å². The number of amides is 1. The second-order valence-electron chi connectivity index (χ2n) is 4.57. The van der Waals surface area contributed by atoms with Crippen molar-refractivity contribution in [2.75, 3.05) is 12.7 Å². The van der Waals surface area contributed by atoms with Gasteiger partial charge in [0.25, 0.3) is 0 Å². The maximum absolute atomic E-state index is 11.5. The first-order chi connectivity index (χ1) is 9.38. The van der Waals surface area contributed by atoms with Crippen LogP contribution in [0.4, 0.5) is 0 Å². The Bertz CT molecular complexity index is 465. The Hall–Kier alpha value is -0.200. The Kier molecular flexibility index (Phi) is 10.4. The minimum Gasteiger partial charge on any atom is -0.779 e. The molecule has 0 aliphatic rings. The number of nitrogens with zero attached hydrogens (tertiary/aromatic N) is 1. The van der Waals surface area contributed by atoms with Gasteiger partial charge in [-0.05, 0) is 24.8 Å². The van der Waals surface area contributed by atoms with E-state index in [0.29, 0.717) is 11.5 Å². The zero-order valence-electron chi connectivity index (χ0n) is 12.1. The normalized spacial score (nSPS) is 13.1. The Morgan fingerprint density at radius 3 is 2.43 bits per heavy atom. The number of hydrogen-bond donors (Lipinski definition) is 2. The maximum atomic E-state index is 11.5. The number of hydrogen-bond acceptors (Lipinski definition) is 4. The van der Waals surface area contributed by atoms with Crippen LogP contribution in [-0.2, 0) is 15.8 Å². The molecule has 0 bridgehead atoms. The van der Waals surface area contributed by atoms with Crippen molar-refractivity contribution in [2.24, 2.45) is 0 Å². The van der Waals surface area contributed by atoms with Crippen LogP contribution in [0.5, 0.6) is 0 Å². The standard InChI is InChI=1S/C13H20NO5P.Na/c15-13(9-5-11-20(17,18)19)14(16)10-4-8-12-6-2-1-3-7-12;/h1-3,6-7,16H,4-5,8-11H2,(H2,17,18,19);/q;+1/p-1. The fraction of sp³-hybridized carbons (Fsp3) is 0.462. The Morgan fingerprint density at radius 2 is 1.86 bits per heavy atom. The maximum Gasteiger partial charge on any atom is 1.00 e. The van der Waals surface area contributed by atoms with Crippen molar-refractivity contribution in [1.29, 1.82) is 0 Å². The van der Waals surface area contributed by atoms with Gasteiger partial charge in [-0.25, -0.2) is 5.06 Å². The Labute approximate surface area is 146 Å². The second-order valence-corrected chi connectivity index (χ2v) is 6.29. The summed E-state index contributed by atoms with van der Waals surface area (Å²) in [7, 11) is -4.32. The molecule has 0 heterocycles. The summed E-state index contributed by atoms with van der Waals surface area (Å²) in [4.78, 5) is 30.5. The molecule has 1 aromatic rings. The number of aryl methyl sites for hydroxylation is 1. The van der Waals surface area contributed by atoms with Gasteiger partial charge in [-0.2, -0.15) is 0 Å². The van der Waals surface area contributed by atoms with Crippen molar-refractivity contribution in [1.82, 2.24) is 5.06 Å². The SMILES string of the molecule is O=C(CCCP(=O)([O-])O)N(O)CCCc1ccccc1.[Na+]. The smallest absolute Gasteiger partial charge is 0.779 e. The summed E-state index contributed by atoms with van der Waals surface area (Å²) in [5, 5.41) is 10.1. The van der Waals surface area contributed by atoms with Crippen molar-refractivity contribution in [3.63, 3.8) is 0 Å². The van der Waals surface area contributed by atoms with Gasteiger partial charge in [0, 0.05) is 19.1 Å². The predicted molar refractivity (Wildman–Crippen MR) is 72.2 cm³/mol. The van der Waals surface area contributed by atoms with Crippen LogP contribution in [0, 0.1) is 0 Å². The minimum absolute atomic E-state index is 0. The van der Waals surface area contributed by atoms with Crippen LogP contribution in [0.2, 0.25) is 0 Å². The van der Waals surface area contributed by atoms with E-state index in [1.165, 1.54) is 0 Å². The van der Waals surface area contributed by atoms with Crippen molar-refractivity contribution in [2.45, 2.75) is 25.7 Å². The van der Waals surface area contributed by atoms with E-state index >= 15 is 0 Å². The molecule has 0 fully saturated rings. The zero-order chi connectivity index (χ0) is 15.0. The molecule has 1 unspecified atom stereocenters. The summed E-state index contributed by atoms with van der Waals surface area (Å²) in [6.07, 6.45) is 0.820.